The fourth-order valence-corrected chi connectivity index (χ4v) is 2.06. The zero-order chi connectivity index (χ0) is 14.7. The number of benzene rings is 2. The van der Waals surface area contributed by atoms with Crippen molar-refractivity contribution >= 4 is 23.0 Å². The van der Waals surface area contributed by atoms with Crippen LogP contribution in [0.3, 0.4) is 0 Å². The number of hydrogen-bond donors (Lipinski definition) is 3. The summed E-state index contributed by atoms with van der Waals surface area (Å²) in [5.41, 5.74) is 9.35. The molecule has 0 aromatic heterocycles. The Labute approximate surface area is 118 Å². The SMILES string of the molecule is CC(C)c1ccccc1Nc1cc(C(=O)O)ccc1N. The summed E-state index contributed by atoms with van der Waals surface area (Å²) in [6, 6.07) is 12.6. The number of anilines is 3. The predicted molar refractivity (Wildman–Crippen MR) is 81.6 cm³/mol. The Balaban J connectivity index is 2.40. The van der Waals surface area contributed by atoms with E-state index >= 15 is 0 Å². The number of carboxylic acid groups (broad SMARTS) is 1. The van der Waals surface area contributed by atoms with Crippen molar-refractivity contribution in [2.45, 2.75) is 19.8 Å². The smallest absolute Gasteiger partial charge is 0.335 e. The number of carboxylic acids is 1. The summed E-state index contributed by atoms with van der Waals surface area (Å²) >= 11 is 0. The van der Waals surface area contributed by atoms with Crippen molar-refractivity contribution in [3.8, 4) is 0 Å². The van der Waals surface area contributed by atoms with Crippen LogP contribution in [-0.4, -0.2) is 11.1 Å². The van der Waals surface area contributed by atoms with Gasteiger partial charge in [-0.3, -0.25) is 0 Å². The van der Waals surface area contributed by atoms with Crippen molar-refractivity contribution in [1.82, 2.24) is 0 Å². The first-order valence-corrected chi connectivity index (χ1v) is 6.48. The Morgan fingerprint density at radius 1 is 1.15 bits per heavy atom. The number of rotatable bonds is 4. The summed E-state index contributed by atoms with van der Waals surface area (Å²) in [5.74, 6) is -0.604. The van der Waals surface area contributed by atoms with Crippen molar-refractivity contribution in [3.05, 3.63) is 53.6 Å². The minimum Gasteiger partial charge on any atom is -0.478 e. The lowest BCUT2D eigenvalue weighted by molar-refractivity contribution is 0.0697. The van der Waals surface area contributed by atoms with E-state index < -0.39 is 5.97 Å². The molecule has 2 aromatic carbocycles. The number of nitrogens with two attached hydrogens (primary N) is 1. The van der Waals surface area contributed by atoms with Crippen LogP contribution >= 0.6 is 0 Å². The van der Waals surface area contributed by atoms with Crippen LogP contribution in [0.1, 0.15) is 35.7 Å². The molecule has 0 saturated carbocycles. The lowest BCUT2D eigenvalue weighted by atomic mass is 10.0. The standard InChI is InChI=1S/C16H18N2O2/c1-10(2)12-5-3-4-6-14(12)18-15-9-11(16(19)20)7-8-13(15)17/h3-10,18H,17H2,1-2H3,(H,19,20). The third kappa shape index (κ3) is 2.91. The van der Waals surface area contributed by atoms with E-state index in [9.17, 15) is 4.79 Å². The van der Waals surface area contributed by atoms with Gasteiger partial charge in [0.2, 0.25) is 0 Å². The molecule has 2 aromatic rings. The summed E-state index contributed by atoms with van der Waals surface area (Å²) < 4.78 is 0. The highest BCUT2D eigenvalue weighted by molar-refractivity contribution is 5.91. The maximum atomic E-state index is 11.0. The second-order valence-corrected chi connectivity index (χ2v) is 4.97. The van der Waals surface area contributed by atoms with E-state index in [0.717, 1.165) is 11.3 Å². The van der Waals surface area contributed by atoms with Gasteiger partial charge in [-0.25, -0.2) is 4.79 Å². The van der Waals surface area contributed by atoms with Crippen LogP contribution in [0.5, 0.6) is 0 Å². The number of nitrogen functional groups attached to an aromatic ring is 1. The first-order chi connectivity index (χ1) is 9.49. The molecule has 0 fully saturated rings. The minimum absolute atomic E-state index is 0.212. The van der Waals surface area contributed by atoms with Gasteiger partial charge in [-0.1, -0.05) is 32.0 Å². The average molecular weight is 270 g/mol. The molecule has 0 saturated heterocycles. The number of para-hydroxylation sites is 1. The van der Waals surface area contributed by atoms with E-state index in [-0.39, 0.29) is 5.56 Å². The lowest BCUT2D eigenvalue weighted by Gasteiger charge is -2.16. The van der Waals surface area contributed by atoms with Crippen LogP contribution < -0.4 is 11.1 Å². The summed E-state index contributed by atoms with van der Waals surface area (Å²) in [6.07, 6.45) is 0. The molecule has 0 spiro atoms. The second-order valence-electron chi connectivity index (χ2n) is 4.97. The molecule has 0 bridgehead atoms. The zero-order valence-corrected chi connectivity index (χ0v) is 11.6. The average Bonchev–Trinajstić information content (AvgIpc) is 2.41. The van der Waals surface area contributed by atoms with E-state index in [1.54, 1.807) is 12.1 Å². The molecule has 2 rings (SSSR count). The van der Waals surface area contributed by atoms with Crippen LogP contribution in [0, 0.1) is 0 Å². The first-order valence-electron chi connectivity index (χ1n) is 6.48. The third-order valence-corrected chi connectivity index (χ3v) is 3.15. The van der Waals surface area contributed by atoms with Gasteiger partial charge < -0.3 is 16.2 Å². The summed E-state index contributed by atoms with van der Waals surface area (Å²) in [6.45, 7) is 4.22. The molecule has 0 heterocycles. The van der Waals surface area contributed by atoms with Gasteiger partial charge in [-0.05, 0) is 35.7 Å². The quantitative estimate of drug-likeness (QED) is 0.738. The highest BCUT2D eigenvalue weighted by atomic mass is 16.4. The Hall–Kier alpha value is -2.49. The van der Waals surface area contributed by atoms with Gasteiger partial charge in [0.05, 0.1) is 16.9 Å². The maximum Gasteiger partial charge on any atom is 0.335 e. The minimum atomic E-state index is -0.967. The third-order valence-electron chi connectivity index (χ3n) is 3.15. The van der Waals surface area contributed by atoms with Crippen molar-refractivity contribution in [3.63, 3.8) is 0 Å². The molecular formula is C16H18N2O2. The van der Waals surface area contributed by atoms with Crippen LogP contribution in [0.2, 0.25) is 0 Å². The summed E-state index contributed by atoms with van der Waals surface area (Å²) in [7, 11) is 0. The van der Waals surface area contributed by atoms with Crippen molar-refractivity contribution in [2.24, 2.45) is 0 Å². The molecule has 0 unspecified atom stereocenters. The Bertz CT molecular complexity index is 636. The Kier molecular flexibility index (Phi) is 3.94. The fraction of sp³-hybridized carbons (Fsp3) is 0.188. The first kappa shape index (κ1) is 13.9. The molecule has 4 N–H and O–H groups in total. The van der Waals surface area contributed by atoms with E-state index in [0.29, 0.717) is 17.3 Å². The van der Waals surface area contributed by atoms with Crippen LogP contribution in [-0.2, 0) is 0 Å². The maximum absolute atomic E-state index is 11.0. The van der Waals surface area contributed by atoms with Gasteiger partial charge in [0.15, 0.2) is 0 Å². The Morgan fingerprint density at radius 3 is 2.50 bits per heavy atom. The molecule has 4 heteroatoms. The molecule has 0 aliphatic carbocycles. The number of nitrogens with one attached hydrogen (secondary N) is 1. The van der Waals surface area contributed by atoms with Gasteiger partial charge in [-0.15, -0.1) is 0 Å². The molecule has 0 aliphatic heterocycles. The fourth-order valence-electron chi connectivity index (χ4n) is 2.06. The summed E-state index contributed by atoms with van der Waals surface area (Å²) in [5, 5.41) is 12.3. The summed E-state index contributed by atoms with van der Waals surface area (Å²) in [4.78, 5) is 11.0. The van der Waals surface area contributed by atoms with Gasteiger partial charge in [0.1, 0.15) is 0 Å². The number of carbonyl (C=O) groups is 1. The highest BCUT2D eigenvalue weighted by Crippen LogP contribution is 2.30. The number of aromatic carboxylic acids is 1. The van der Waals surface area contributed by atoms with Crippen LogP contribution in [0.25, 0.3) is 0 Å². The van der Waals surface area contributed by atoms with E-state index in [1.165, 1.54) is 6.07 Å². The van der Waals surface area contributed by atoms with E-state index in [2.05, 4.69) is 19.2 Å². The molecule has 104 valence electrons. The normalized spacial score (nSPS) is 10.6. The molecular weight excluding hydrogens is 252 g/mol. The van der Waals surface area contributed by atoms with Gasteiger partial charge in [-0.2, -0.15) is 0 Å². The molecule has 0 amide bonds. The highest BCUT2D eigenvalue weighted by Gasteiger charge is 2.10. The van der Waals surface area contributed by atoms with Gasteiger partial charge >= 0.3 is 5.97 Å². The van der Waals surface area contributed by atoms with Crippen LogP contribution in [0.15, 0.2) is 42.5 Å². The van der Waals surface area contributed by atoms with Crippen molar-refractivity contribution < 1.29 is 9.90 Å². The molecule has 20 heavy (non-hydrogen) atoms. The van der Waals surface area contributed by atoms with Crippen molar-refractivity contribution in [1.29, 1.82) is 0 Å². The second kappa shape index (κ2) is 5.65. The van der Waals surface area contributed by atoms with Crippen molar-refractivity contribution in [2.75, 3.05) is 11.1 Å². The topological polar surface area (TPSA) is 75.3 Å². The van der Waals surface area contributed by atoms with Gasteiger partial charge in [0, 0.05) is 5.69 Å². The molecule has 0 atom stereocenters. The van der Waals surface area contributed by atoms with E-state index in [4.69, 9.17) is 10.8 Å². The van der Waals surface area contributed by atoms with Gasteiger partial charge in [0.25, 0.3) is 0 Å². The number of hydrogen-bond acceptors (Lipinski definition) is 3. The molecule has 4 nitrogen and oxygen atoms in total. The lowest BCUT2D eigenvalue weighted by Crippen LogP contribution is -2.03. The van der Waals surface area contributed by atoms with E-state index in [1.807, 2.05) is 24.3 Å². The largest absolute Gasteiger partial charge is 0.478 e. The van der Waals surface area contributed by atoms with Crippen LogP contribution in [0.4, 0.5) is 17.1 Å². The Morgan fingerprint density at radius 2 is 1.85 bits per heavy atom. The molecule has 0 aliphatic rings. The molecule has 0 radical (unpaired) electrons. The predicted octanol–water partition coefficient (Wildman–Crippen LogP) is 3.83. The zero-order valence-electron chi connectivity index (χ0n) is 11.6. The monoisotopic (exact) mass is 270 g/mol.